The van der Waals surface area contributed by atoms with Crippen LogP contribution in [0.3, 0.4) is 0 Å². The molecular formula is C12H23P. The van der Waals surface area contributed by atoms with Gasteiger partial charge in [-0.05, 0) is 42.9 Å². The summed E-state index contributed by atoms with van der Waals surface area (Å²) >= 11 is 0. The maximum Gasteiger partial charge on any atom is -0.0119 e. The zero-order valence-electron chi connectivity index (χ0n) is 8.94. The summed E-state index contributed by atoms with van der Waals surface area (Å²) < 4.78 is 0. The van der Waals surface area contributed by atoms with E-state index in [2.05, 4.69) is 6.92 Å². The SMILES string of the molecule is CCCCC12CCCC(CCC1)P2. The molecule has 76 valence electrons. The van der Waals surface area contributed by atoms with Crippen LogP contribution in [0.2, 0.25) is 0 Å². The Hall–Kier alpha value is 0.430. The van der Waals surface area contributed by atoms with Gasteiger partial charge >= 0.3 is 0 Å². The molecule has 2 aliphatic rings. The largest absolute Gasteiger partial charge is 0.112 e. The summed E-state index contributed by atoms with van der Waals surface area (Å²) in [7, 11) is 1.33. The van der Waals surface area contributed by atoms with E-state index in [4.69, 9.17) is 0 Å². The Morgan fingerprint density at radius 2 is 1.92 bits per heavy atom. The highest BCUT2D eigenvalue weighted by Gasteiger charge is 2.38. The van der Waals surface area contributed by atoms with Crippen molar-refractivity contribution in [1.29, 1.82) is 0 Å². The predicted octanol–water partition coefficient (Wildman–Crippen LogP) is 4.33. The minimum absolute atomic E-state index is 0.858. The third-order valence-corrected chi connectivity index (χ3v) is 6.28. The molecule has 0 N–H and O–H groups in total. The molecule has 2 bridgehead atoms. The third kappa shape index (κ3) is 2.27. The molecule has 2 fully saturated rings. The van der Waals surface area contributed by atoms with Gasteiger partial charge < -0.3 is 0 Å². The molecule has 0 radical (unpaired) electrons. The van der Waals surface area contributed by atoms with Crippen molar-refractivity contribution in [2.45, 2.75) is 75.5 Å². The van der Waals surface area contributed by atoms with Crippen molar-refractivity contribution in [3.05, 3.63) is 0 Å². The Morgan fingerprint density at radius 1 is 1.23 bits per heavy atom. The van der Waals surface area contributed by atoms with Gasteiger partial charge in [-0.2, -0.15) is 0 Å². The molecule has 0 aromatic rings. The summed E-state index contributed by atoms with van der Waals surface area (Å²) in [5.74, 6) is 0. The maximum atomic E-state index is 2.34. The lowest BCUT2D eigenvalue weighted by atomic mass is 9.85. The number of rotatable bonds is 3. The molecule has 2 saturated heterocycles. The molecule has 0 aromatic carbocycles. The molecule has 1 unspecified atom stereocenters. The van der Waals surface area contributed by atoms with E-state index in [1.165, 1.54) is 21.4 Å². The first-order valence-corrected chi connectivity index (χ1v) is 7.20. The Bertz CT molecular complexity index is 155. The highest BCUT2D eigenvalue weighted by Crippen LogP contribution is 2.56. The van der Waals surface area contributed by atoms with Crippen LogP contribution in [0.25, 0.3) is 0 Å². The molecule has 0 aromatic heterocycles. The summed E-state index contributed by atoms with van der Waals surface area (Å²) in [4.78, 5) is 0. The van der Waals surface area contributed by atoms with Crippen LogP contribution in [0.5, 0.6) is 0 Å². The first kappa shape index (κ1) is 9.97. The summed E-state index contributed by atoms with van der Waals surface area (Å²) in [6.45, 7) is 2.34. The molecule has 2 heterocycles. The van der Waals surface area contributed by atoms with Gasteiger partial charge in [-0.25, -0.2) is 0 Å². The second-order valence-electron chi connectivity index (χ2n) is 5.01. The number of hydrogen-bond donors (Lipinski definition) is 0. The Kier molecular flexibility index (Phi) is 3.30. The van der Waals surface area contributed by atoms with Crippen molar-refractivity contribution >= 4 is 8.58 Å². The van der Waals surface area contributed by atoms with Gasteiger partial charge in [0.25, 0.3) is 0 Å². The van der Waals surface area contributed by atoms with E-state index in [1.807, 2.05) is 0 Å². The van der Waals surface area contributed by atoms with Crippen LogP contribution in [-0.4, -0.2) is 10.8 Å². The van der Waals surface area contributed by atoms with E-state index in [0.717, 1.165) is 10.8 Å². The average molecular weight is 198 g/mol. The van der Waals surface area contributed by atoms with Crippen LogP contribution < -0.4 is 0 Å². The van der Waals surface area contributed by atoms with Crippen molar-refractivity contribution in [1.82, 2.24) is 0 Å². The number of fused-ring (bicyclic) bond motifs is 2. The van der Waals surface area contributed by atoms with Crippen LogP contribution in [0.1, 0.15) is 64.7 Å². The fraction of sp³-hybridized carbons (Fsp3) is 1.00. The minimum atomic E-state index is 0.858. The second-order valence-corrected chi connectivity index (χ2v) is 7.18. The van der Waals surface area contributed by atoms with Crippen LogP contribution in [0, 0.1) is 0 Å². The molecule has 0 nitrogen and oxygen atoms in total. The summed E-state index contributed by atoms with van der Waals surface area (Å²) in [5.41, 5.74) is 1.15. The minimum Gasteiger partial charge on any atom is -0.112 e. The van der Waals surface area contributed by atoms with Gasteiger partial charge in [0, 0.05) is 0 Å². The molecule has 0 saturated carbocycles. The topological polar surface area (TPSA) is 0 Å². The second kappa shape index (κ2) is 4.30. The molecule has 1 atom stereocenters. The highest BCUT2D eigenvalue weighted by atomic mass is 31.1. The zero-order chi connectivity index (χ0) is 9.15. The van der Waals surface area contributed by atoms with Gasteiger partial charge in [0.2, 0.25) is 0 Å². The Labute approximate surface area is 84.7 Å². The molecule has 1 heteroatoms. The van der Waals surface area contributed by atoms with Crippen LogP contribution >= 0.6 is 8.58 Å². The van der Waals surface area contributed by atoms with Gasteiger partial charge in [0.05, 0.1) is 0 Å². The lowest BCUT2D eigenvalue weighted by Gasteiger charge is -2.45. The Balaban J connectivity index is 1.93. The van der Waals surface area contributed by atoms with Crippen molar-refractivity contribution in [3.63, 3.8) is 0 Å². The molecular weight excluding hydrogens is 175 g/mol. The average Bonchev–Trinajstić information content (AvgIpc) is 2.15. The fourth-order valence-corrected chi connectivity index (χ4v) is 5.73. The quantitative estimate of drug-likeness (QED) is 0.592. The van der Waals surface area contributed by atoms with E-state index in [0.29, 0.717) is 0 Å². The molecule has 13 heavy (non-hydrogen) atoms. The van der Waals surface area contributed by atoms with E-state index in [9.17, 15) is 0 Å². The normalized spacial score (nSPS) is 40.8. The monoisotopic (exact) mass is 198 g/mol. The van der Waals surface area contributed by atoms with Gasteiger partial charge in [-0.3, -0.25) is 0 Å². The number of unbranched alkanes of at least 4 members (excludes halogenated alkanes) is 1. The van der Waals surface area contributed by atoms with E-state index in [-0.39, 0.29) is 0 Å². The van der Waals surface area contributed by atoms with Gasteiger partial charge in [-0.1, -0.05) is 32.6 Å². The summed E-state index contributed by atoms with van der Waals surface area (Å²) in [5, 5.41) is 0.858. The molecule has 0 amide bonds. The van der Waals surface area contributed by atoms with Crippen LogP contribution in [0.4, 0.5) is 0 Å². The van der Waals surface area contributed by atoms with Gasteiger partial charge in [0.1, 0.15) is 0 Å². The van der Waals surface area contributed by atoms with Crippen molar-refractivity contribution in [2.24, 2.45) is 0 Å². The standard InChI is InChI=1S/C12H23P/c1-2-3-8-12-9-4-6-11(13-12)7-5-10-12/h11,13H,2-10H2,1H3. The smallest absolute Gasteiger partial charge is 0.0119 e. The maximum absolute atomic E-state index is 2.34. The molecule has 0 spiro atoms. The third-order valence-electron chi connectivity index (χ3n) is 3.94. The van der Waals surface area contributed by atoms with Crippen LogP contribution in [-0.2, 0) is 0 Å². The van der Waals surface area contributed by atoms with E-state index >= 15 is 0 Å². The van der Waals surface area contributed by atoms with Gasteiger partial charge in [0.15, 0.2) is 0 Å². The summed E-state index contributed by atoms with van der Waals surface area (Å²) in [6.07, 6.45) is 13.8. The Morgan fingerprint density at radius 3 is 2.54 bits per heavy atom. The first-order valence-electron chi connectivity index (χ1n) is 6.12. The number of hydrogen-bond acceptors (Lipinski definition) is 0. The van der Waals surface area contributed by atoms with Crippen molar-refractivity contribution in [3.8, 4) is 0 Å². The van der Waals surface area contributed by atoms with Crippen molar-refractivity contribution < 1.29 is 0 Å². The summed E-state index contributed by atoms with van der Waals surface area (Å²) in [6, 6.07) is 0. The lowest BCUT2D eigenvalue weighted by Crippen LogP contribution is -2.34. The molecule has 0 aliphatic carbocycles. The lowest BCUT2D eigenvalue weighted by molar-refractivity contribution is 0.355. The van der Waals surface area contributed by atoms with E-state index < -0.39 is 0 Å². The molecule has 2 rings (SSSR count). The first-order chi connectivity index (χ1) is 6.35. The van der Waals surface area contributed by atoms with Crippen molar-refractivity contribution in [2.75, 3.05) is 0 Å². The van der Waals surface area contributed by atoms with Gasteiger partial charge in [-0.15, -0.1) is 8.58 Å². The predicted molar refractivity (Wildman–Crippen MR) is 62.1 cm³/mol. The van der Waals surface area contributed by atoms with Crippen LogP contribution in [0.15, 0.2) is 0 Å². The van der Waals surface area contributed by atoms with E-state index in [1.54, 1.807) is 44.9 Å². The highest BCUT2D eigenvalue weighted by molar-refractivity contribution is 7.41. The molecule has 2 aliphatic heterocycles. The zero-order valence-corrected chi connectivity index (χ0v) is 9.94. The fourth-order valence-electron chi connectivity index (χ4n) is 3.20.